The molecule has 0 aliphatic carbocycles. The second kappa shape index (κ2) is 7.90. The number of hydrogen-bond donors (Lipinski definition) is 1. The molecule has 2 rings (SSSR count). The van der Waals surface area contributed by atoms with Gasteiger partial charge in [0.05, 0.1) is 0 Å². The second-order valence-electron chi connectivity index (χ2n) is 5.60. The van der Waals surface area contributed by atoms with Gasteiger partial charge in [-0.2, -0.15) is 0 Å². The Bertz CT molecular complexity index is 469. The Balaban J connectivity index is 2.10. The van der Waals surface area contributed by atoms with E-state index >= 15 is 0 Å². The number of nitrogens with one attached hydrogen (secondary N) is 1. The number of piperidine rings is 1. The maximum Gasteiger partial charge on any atom is 0.254 e. The molecule has 0 unspecified atom stereocenters. The molecule has 1 saturated heterocycles. The Kier molecular flexibility index (Phi) is 6.18. The summed E-state index contributed by atoms with van der Waals surface area (Å²) in [5.41, 5.74) is 0.421. The molecule has 1 aliphatic rings. The zero-order chi connectivity index (χ0) is 15.2. The smallest absolute Gasteiger partial charge is 0.254 e. The highest BCUT2D eigenvalue weighted by Gasteiger charge is 2.21. The van der Waals surface area contributed by atoms with Gasteiger partial charge in [0, 0.05) is 23.1 Å². The summed E-state index contributed by atoms with van der Waals surface area (Å²) in [6.07, 6.45) is 3.11. The van der Waals surface area contributed by atoms with Crippen molar-refractivity contribution < 1.29 is 9.18 Å². The van der Waals surface area contributed by atoms with E-state index in [0.29, 0.717) is 16.0 Å². The quantitative estimate of drug-likeness (QED) is 0.876. The summed E-state index contributed by atoms with van der Waals surface area (Å²) in [6.45, 7) is 5.58. The number of nitrogens with zero attached hydrogens (tertiary/aromatic N) is 1. The molecule has 1 N–H and O–H groups in total. The van der Waals surface area contributed by atoms with E-state index in [-0.39, 0.29) is 11.7 Å². The third-order valence-electron chi connectivity index (χ3n) is 3.83. The summed E-state index contributed by atoms with van der Waals surface area (Å²) in [5, 5.41) is 3.34. The maximum absolute atomic E-state index is 13.5. The first-order valence-electron chi connectivity index (χ1n) is 7.56. The van der Waals surface area contributed by atoms with Crippen LogP contribution in [0.2, 0.25) is 0 Å². The van der Waals surface area contributed by atoms with E-state index in [1.54, 1.807) is 6.07 Å². The van der Waals surface area contributed by atoms with E-state index in [0.717, 1.165) is 45.4 Å². The van der Waals surface area contributed by atoms with Gasteiger partial charge in [0.1, 0.15) is 5.82 Å². The van der Waals surface area contributed by atoms with Gasteiger partial charge >= 0.3 is 0 Å². The van der Waals surface area contributed by atoms with Crippen molar-refractivity contribution in [3.05, 3.63) is 34.1 Å². The van der Waals surface area contributed by atoms with Crippen LogP contribution in [0.25, 0.3) is 0 Å². The fourth-order valence-electron chi connectivity index (χ4n) is 2.78. The Morgan fingerprint density at radius 1 is 1.38 bits per heavy atom. The standard InChI is InChI=1S/C16H22BrFN2O/c1-2-7-20(11-12-3-5-19-6-4-12)16(21)13-8-14(17)10-15(18)9-13/h8-10,12,19H,2-7,11H2,1H3. The first kappa shape index (κ1) is 16.4. The van der Waals surface area contributed by atoms with Crippen LogP contribution in [0.3, 0.4) is 0 Å². The summed E-state index contributed by atoms with van der Waals surface area (Å²) in [7, 11) is 0. The number of benzene rings is 1. The van der Waals surface area contributed by atoms with Crippen LogP contribution < -0.4 is 5.32 Å². The average Bonchev–Trinajstić information content (AvgIpc) is 2.46. The zero-order valence-electron chi connectivity index (χ0n) is 12.4. The SMILES string of the molecule is CCCN(CC1CCNCC1)C(=O)c1cc(F)cc(Br)c1. The van der Waals surface area contributed by atoms with Gasteiger partial charge in [-0.3, -0.25) is 4.79 Å². The largest absolute Gasteiger partial charge is 0.338 e. The molecule has 5 heteroatoms. The van der Waals surface area contributed by atoms with Gasteiger partial charge < -0.3 is 10.2 Å². The fourth-order valence-corrected chi connectivity index (χ4v) is 3.25. The predicted octanol–water partition coefficient (Wildman–Crippen LogP) is 3.44. The topological polar surface area (TPSA) is 32.3 Å². The van der Waals surface area contributed by atoms with E-state index in [9.17, 15) is 9.18 Å². The Hall–Kier alpha value is -0.940. The van der Waals surface area contributed by atoms with Crippen LogP contribution in [0.4, 0.5) is 4.39 Å². The van der Waals surface area contributed by atoms with Crippen molar-refractivity contribution >= 4 is 21.8 Å². The second-order valence-corrected chi connectivity index (χ2v) is 6.52. The number of halogens is 2. The van der Waals surface area contributed by atoms with Crippen molar-refractivity contribution in [1.29, 1.82) is 0 Å². The molecule has 0 atom stereocenters. The molecule has 0 radical (unpaired) electrons. The molecule has 0 saturated carbocycles. The summed E-state index contributed by atoms with van der Waals surface area (Å²) in [5.74, 6) is 0.0837. The molecule has 1 heterocycles. The summed E-state index contributed by atoms with van der Waals surface area (Å²) >= 11 is 3.25. The molecule has 1 aromatic rings. The van der Waals surface area contributed by atoms with Gasteiger partial charge in [0.25, 0.3) is 5.91 Å². The van der Waals surface area contributed by atoms with Crippen molar-refractivity contribution in [3.8, 4) is 0 Å². The van der Waals surface area contributed by atoms with Gasteiger partial charge in [-0.15, -0.1) is 0 Å². The van der Waals surface area contributed by atoms with E-state index in [4.69, 9.17) is 0 Å². The van der Waals surface area contributed by atoms with Crippen LogP contribution in [0, 0.1) is 11.7 Å². The highest BCUT2D eigenvalue weighted by atomic mass is 79.9. The van der Waals surface area contributed by atoms with Crippen LogP contribution >= 0.6 is 15.9 Å². The van der Waals surface area contributed by atoms with Crippen LogP contribution in [-0.2, 0) is 0 Å². The van der Waals surface area contributed by atoms with Crippen molar-refractivity contribution in [2.45, 2.75) is 26.2 Å². The molecule has 0 bridgehead atoms. The minimum Gasteiger partial charge on any atom is -0.338 e. The van der Waals surface area contributed by atoms with Crippen LogP contribution in [0.1, 0.15) is 36.5 Å². The minimum atomic E-state index is -0.383. The number of rotatable bonds is 5. The van der Waals surface area contributed by atoms with Gasteiger partial charge in [-0.1, -0.05) is 22.9 Å². The third kappa shape index (κ3) is 4.78. The summed E-state index contributed by atoms with van der Waals surface area (Å²) < 4.78 is 14.1. The molecule has 1 amide bonds. The first-order chi connectivity index (χ1) is 10.1. The zero-order valence-corrected chi connectivity index (χ0v) is 14.0. The lowest BCUT2D eigenvalue weighted by Crippen LogP contribution is -2.39. The highest BCUT2D eigenvalue weighted by molar-refractivity contribution is 9.10. The number of amides is 1. The van der Waals surface area contributed by atoms with Gasteiger partial charge in [0.2, 0.25) is 0 Å². The van der Waals surface area contributed by atoms with Crippen LogP contribution in [0.15, 0.2) is 22.7 Å². The molecule has 1 aromatic carbocycles. The average molecular weight is 357 g/mol. The molecular weight excluding hydrogens is 335 g/mol. The molecule has 116 valence electrons. The fraction of sp³-hybridized carbons (Fsp3) is 0.562. The number of carbonyl (C=O) groups is 1. The molecule has 21 heavy (non-hydrogen) atoms. The van der Waals surface area contributed by atoms with E-state index in [2.05, 4.69) is 28.2 Å². The van der Waals surface area contributed by atoms with Crippen molar-refractivity contribution in [2.24, 2.45) is 5.92 Å². The van der Waals surface area contributed by atoms with Gasteiger partial charge in [0.15, 0.2) is 0 Å². The minimum absolute atomic E-state index is 0.0735. The highest BCUT2D eigenvalue weighted by Crippen LogP contribution is 2.19. The molecule has 1 fully saturated rings. The molecule has 0 aromatic heterocycles. The molecule has 0 spiro atoms. The molecule has 3 nitrogen and oxygen atoms in total. The molecule has 1 aliphatic heterocycles. The Labute approximate surface area is 134 Å². The third-order valence-corrected chi connectivity index (χ3v) is 4.29. The monoisotopic (exact) mass is 356 g/mol. The lowest BCUT2D eigenvalue weighted by molar-refractivity contribution is 0.0716. The van der Waals surface area contributed by atoms with Crippen LogP contribution in [0.5, 0.6) is 0 Å². The van der Waals surface area contributed by atoms with E-state index in [1.807, 2.05) is 4.90 Å². The lowest BCUT2D eigenvalue weighted by Gasteiger charge is -2.30. The number of hydrogen-bond acceptors (Lipinski definition) is 2. The maximum atomic E-state index is 13.5. The van der Waals surface area contributed by atoms with Crippen molar-refractivity contribution in [2.75, 3.05) is 26.2 Å². The summed E-state index contributed by atoms with van der Waals surface area (Å²) in [6, 6.07) is 4.38. The van der Waals surface area contributed by atoms with Crippen LogP contribution in [-0.4, -0.2) is 37.0 Å². The van der Waals surface area contributed by atoms with Gasteiger partial charge in [-0.05, 0) is 56.5 Å². The predicted molar refractivity (Wildman–Crippen MR) is 85.9 cm³/mol. The Morgan fingerprint density at radius 3 is 2.71 bits per heavy atom. The van der Waals surface area contributed by atoms with E-state index < -0.39 is 0 Å². The Morgan fingerprint density at radius 2 is 2.10 bits per heavy atom. The summed E-state index contributed by atoms with van der Waals surface area (Å²) in [4.78, 5) is 14.5. The first-order valence-corrected chi connectivity index (χ1v) is 8.35. The van der Waals surface area contributed by atoms with Gasteiger partial charge in [-0.25, -0.2) is 4.39 Å². The normalized spacial score (nSPS) is 16.0. The number of carbonyl (C=O) groups excluding carboxylic acids is 1. The van der Waals surface area contributed by atoms with E-state index in [1.165, 1.54) is 12.1 Å². The lowest BCUT2D eigenvalue weighted by atomic mass is 9.97. The van der Waals surface area contributed by atoms with Crippen molar-refractivity contribution in [1.82, 2.24) is 10.2 Å². The van der Waals surface area contributed by atoms with Crippen molar-refractivity contribution in [3.63, 3.8) is 0 Å². The molecular formula is C16H22BrFN2O.